The fourth-order valence-corrected chi connectivity index (χ4v) is 2.56. The van der Waals surface area contributed by atoms with Crippen molar-refractivity contribution in [1.29, 1.82) is 0 Å². The first-order chi connectivity index (χ1) is 11.0. The van der Waals surface area contributed by atoms with Crippen molar-refractivity contribution in [1.82, 2.24) is 9.88 Å². The maximum atomic E-state index is 13.2. The highest BCUT2D eigenvalue weighted by molar-refractivity contribution is 6.21. The summed E-state index contributed by atoms with van der Waals surface area (Å²) in [5.41, 5.74) is 0.794. The monoisotopic (exact) mass is 314 g/mol. The molecule has 0 N–H and O–H groups in total. The Morgan fingerprint density at radius 3 is 2.48 bits per heavy atom. The zero-order valence-corrected chi connectivity index (χ0v) is 11.5. The molecule has 2 amide bonds. The smallest absolute Gasteiger partial charge is 0.262 e. The largest absolute Gasteiger partial charge is 0.439 e. The van der Waals surface area contributed by atoms with Gasteiger partial charge in [-0.1, -0.05) is 0 Å². The second-order valence-corrected chi connectivity index (χ2v) is 5.11. The molecule has 0 saturated heterocycles. The maximum absolute atomic E-state index is 13.2. The molecule has 5 nitrogen and oxygen atoms in total. The number of rotatable bonds is 2. The van der Waals surface area contributed by atoms with Crippen molar-refractivity contribution in [3.05, 3.63) is 65.1 Å². The van der Waals surface area contributed by atoms with E-state index >= 15 is 0 Å². The zero-order chi connectivity index (χ0) is 16.1. The number of imide groups is 1. The predicted molar refractivity (Wildman–Crippen MR) is 74.6 cm³/mol. The number of halogens is 2. The predicted octanol–water partition coefficient (Wildman–Crippen LogP) is 2.90. The van der Waals surface area contributed by atoms with Crippen LogP contribution in [0.1, 0.15) is 26.6 Å². The molecule has 7 heteroatoms. The molecule has 3 aromatic rings. The van der Waals surface area contributed by atoms with E-state index in [2.05, 4.69) is 4.98 Å². The Morgan fingerprint density at radius 2 is 1.65 bits per heavy atom. The zero-order valence-electron chi connectivity index (χ0n) is 11.5. The van der Waals surface area contributed by atoms with Crippen LogP contribution in [-0.2, 0) is 6.54 Å². The van der Waals surface area contributed by atoms with Crippen LogP contribution in [0, 0.1) is 11.6 Å². The molecule has 0 fully saturated rings. The number of hydrogen-bond donors (Lipinski definition) is 0. The van der Waals surface area contributed by atoms with Crippen molar-refractivity contribution in [2.45, 2.75) is 6.54 Å². The van der Waals surface area contributed by atoms with E-state index in [0.29, 0.717) is 11.1 Å². The minimum Gasteiger partial charge on any atom is -0.439 e. The molecule has 4 rings (SSSR count). The Kier molecular flexibility index (Phi) is 2.77. The average molecular weight is 314 g/mol. The first kappa shape index (κ1) is 13.6. The van der Waals surface area contributed by atoms with Gasteiger partial charge in [-0.15, -0.1) is 0 Å². The van der Waals surface area contributed by atoms with E-state index in [-0.39, 0.29) is 23.6 Å². The third kappa shape index (κ3) is 2.09. The van der Waals surface area contributed by atoms with Gasteiger partial charge in [-0.05, 0) is 30.3 Å². The summed E-state index contributed by atoms with van der Waals surface area (Å²) >= 11 is 0. The summed E-state index contributed by atoms with van der Waals surface area (Å²) in [5, 5.41) is 0. The molecule has 0 saturated carbocycles. The van der Waals surface area contributed by atoms with Gasteiger partial charge in [0.1, 0.15) is 23.7 Å². The number of oxazole rings is 1. The second kappa shape index (κ2) is 4.70. The normalized spacial score (nSPS) is 13.9. The number of amides is 2. The van der Waals surface area contributed by atoms with Gasteiger partial charge in [0.2, 0.25) is 5.89 Å². The Labute approximate surface area is 128 Å². The molecule has 2 heterocycles. The van der Waals surface area contributed by atoms with Gasteiger partial charge in [-0.2, -0.15) is 0 Å². The minimum absolute atomic E-state index is 0.0113. The van der Waals surface area contributed by atoms with E-state index in [9.17, 15) is 18.4 Å². The molecule has 0 aliphatic carbocycles. The van der Waals surface area contributed by atoms with E-state index in [1.807, 2.05) is 0 Å². The first-order valence-electron chi connectivity index (χ1n) is 6.73. The quantitative estimate of drug-likeness (QED) is 0.682. The number of benzene rings is 2. The molecule has 0 bridgehead atoms. The van der Waals surface area contributed by atoms with E-state index in [1.165, 1.54) is 24.3 Å². The van der Waals surface area contributed by atoms with Crippen LogP contribution in [0.3, 0.4) is 0 Å². The first-order valence-corrected chi connectivity index (χ1v) is 6.73. The minimum atomic E-state index is -0.613. The Bertz CT molecular complexity index is 981. The molecular weight excluding hydrogens is 306 g/mol. The molecule has 114 valence electrons. The fraction of sp³-hybridized carbons (Fsp3) is 0.0625. The molecule has 1 aliphatic rings. The van der Waals surface area contributed by atoms with Gasteiger partial charge in [-0.25, -0.2) is 13.8 Å². The topological polar surface area (TPSA) is 63.4 Å². The van der Waals surface area contributed by atoms with Crippen molar-refractivity contribution < 1.29 is 22.8 Å². The molecular formula is C16H8F2N2O3. The molecule has 0 atom stereocenters. The number of aromatic nitrogens is 1. The lowest BCUT2D eigenvalue weighted by Gasteiger charge is -2.10. The van der Waals surface area contributed by atoms with Crippen LogP contribution in [-0.4, -0.2) is 21.7 Å². The highest BCUT2D eigenvalue weighted by Gasteiger charge is 2.36. The average Bonchev–Trinajstić information content (AvgIpc) is 3.01. The summed E-state index contributed by atoms with van der Waals surface area (Å²) in [6.07, 6.45) is 0. The maximum Gasteiger partial charge on any atom is 0.262 e. The van der Waals surface area contributed by atoms with E-state index in [4.69, 9.17) is 4.42 Å². The lowest BCUT2D eigenvalue weighted by Crippen LogP contribution is -2.29. The van der Waals surface area contributed by atoms with Crippen LogP contribution in [0.15, 0.2) is 40.8 Å². The Balaban J connectivity index is 1.68. The molecule has 1 aromatic heterocycles. The number of fused-ring (bicyclic) bond motifs is 2. The highest BCUT2D eigenvalue weighted by atomic mass is 19.1. The van der Waals surface area contributed by atoms with E-state index in [1.54, 1.807) is 0 Å². The van der Waals surface area contributed by atoms with Crippen LogP contribution in [0.2, 0.25) is 0 Å². The van der Waals surface area contributed by atoms with Crippen LogP contribution < -0.4 is 0 Å². The van der Waals surface area contributed by atoms with Crippen LogP contribution in [0.5, 0.6) is 0 Å². The van der Waals surface area contributed by atoms with Gasteiger partial charge >= 0.3 is 0 Å². The number of carbonyl (C=O) groups excluding carboxylic acids is 2. The molecule has 0 unspecified atom stereocenters. The standard InChI is InChI=1S/C16H8F2N2O3/c17-8-1-3-10-11(5-8)16(22)20(15(10)21)7-14-19-12-6-9(18)2-4-13(12)23-14/h1-6H,7H2. The van der Waals surface area contributed by atoms with Crippen molar-refractivity contribution in [2.75, 3.05) is 0 Å². The third-order valence-electron chi connectivity index (χ3n) is 3.62. The van der Waals surface area contributed by atoms with Crippen LogP contribution >= 0.6 is 0 Å². The van der Waals surface area contributed by atoms with Crippen molar-refractivity contribution in [2.24, 2.45) is 0 Å². The number of carbonyl (C=O) groups is 2. The van der Waals surface area contributed by atoms with E-state index < -0.39 is 23.4 Å². The van der Waals surface area contributed by atoms with Crippen LogP contribution in [0.4, 0.5) is 8.78 Å². The molecule has 0 spiro atoms. The number of nitrogens with zero attached hydrogens (tertiary/aromatic N) is 2. The fourth-order valence-electron chi connectivity index (χ4n) is 2.56. The lowest BCUT2D eigenvalue weighted by atomic mass is 10.1. The summed E-state index contributed by atoms with van der Waals surface area (Å²) in [6.45, 7) is -0.204. The summed E-state index contributed by atoms with van der Waals surface area (Å²) in [4.78, 5) is 29.5. The molecule has 2 aromatic carbocycles. The second-order valence-electron chi connectivity index (χ2n) is 5.11. The highest BCUT2D eigenvalue weighted by Crippen LogP contribution is 2.26. The van der Waals surface area contributed by atoms with Crippen molar-refractivity contribution >= 4 is 22.9 Å². The SMILES string of the molecule is O=C1c2ccc(F)cc2C(=O)N1Cc1nc2cc(F)ccc2o1. The third-order valence-corrected chi connectivity index (χ3v) is 3.62. The molecule has 1 aliphatic heterocycles. The molecule has 0 radical (unpaired) electrons. The van der Waals surface area contributed by atoms with Crippen LogP contribution in [0.25, 0.3) is 11.1 Å². The van der Waals surface area contributed by atoms with Gasteiger partial charge in [0.15, 0.2) is 5.58 Å². The summed E-state index contributed by atoms with van der Waals surface area (Å²) < 4.78 is 31.8. The summed E-state index contributed by atoms with van der Waals surface area (Å²) in [5.74, 6) is -2.12. The Morgan fingerprint density at radius 1 is 0.957 bits per heavy atom. The van der Waals surface area contributed by atoms with Gasteiger partial charge in [0.05, 0.1) is 11.1 Å². The summed E-state index contributed by atoms with van der Waals surface area (Å²) in [7, 11) is 0. The van der Waals surface area contributed by atoms with Gasteiger partial charge in [-0.3, -0.25) is 14.5 Å². The number of hydrogen-bond acceptors (Lipinski definition) is 4. The Hall–Kier alpha value is -3.09. The van der Waals surface area contributed by atoms with Crippen molar-refractivity contribution in [3.8, 4) is 0 Å². The van der Waals surface area contributed by atoms with Gasteiger partial charge < -0.3 is 4.42 Å². The van der Waals surface area contributed by atoms with Gasteiger partial charge in [0, 0.05) is 6.07 Å². The molecule has 23 heavy (non-hydrogen) atoms. The summed E-state index contributed by atoms with van der Waals surface area (Å²) in [6, 6.07) is 7.25. The van der Waals surface area contributed by atoms with Gasteiger partial charge in [0.25, 0.3) is 11.8 Å². The lowest BCUT2D eigenvalue weighted by molar-refractivity contribution is 0.0629. The van der Waals surface area contributed by atoms with E-state index in [0.717, 1.165) is 17.0 Å². The van der Waals surface area contributed by atoms with Crippen molar-refractivity contribution in [3.63, 3.8) is 0 Å².